The lowest BCUT2D eigenvalue weighted by atomic mass is 10.1. The lowest BCUT2D eigenvalue weighted by Gasteiger charge is -2.32. The summed E-state index contributed by atoms with van der Waals surface area (Å²) in [5.74, 6) is -0.0909. The summed E-state index contributed by atoms with van der Waals surface area (Å²) in [6.45, 7) is 8.08. The minimum Gasteiger partial charge on any atom is -0.398 e. The molecule has 0 aliphatic carbocycles. The fraction of sp³-hybridized carbons (Fsp3) is 0.500. The average molecular weight is 250 g/mol. The van der Waals surface area contributed by atoms with E-state index in [9.17, 15) is 4.79 Å². The van der Waals surface area contributed by atoms with E-state index in [0.29, 0.717) is 17.8 Å². The quantitative estimate of drug-likeness (QED) is 0.593. The van der Waals surface area contributed by atoms with E-state index in [1.54, 1.807) is 12.1 Å². The third kappa shape index (κ3) is 3.74. The van der Waals surface area contributed by atoms with Crippen molar-refractivity contribution in [3.63, 3.8) is 0 Å². The second-order valence-electron chi connectivity index (χ2n) is 4.82. The number of carbonyl (C=O) groups excluding carboxylic acids is 1. The van der Waals surface area contributed by atoms with Crippen LogP contribution in [0.4, 0.5) is 5.69 Å². The SMILES string of the molecule is CC[N+](C)(CC)CCNC(=O)c1ccccc1N. The molecule has 3 N–H and O–H groups in total. The number of rotatable bonds is 6. The predicted molar refractivity (Wildman–Crippen MR) is 75.3 cm³/mol. The molecule has 0 aromatic heterocycles. The van der Waals surface area contributed by atoms with E-state index in [1.165, 1.54) is 0 Å². The lowest BCUT2D eigenvalue weighted by Crippen LogP contribution is -2.48. The highest BCUT2D eigenvalue weighted by Gasteiger charge is 2.16. The zero-order valence-corrected chi connectivity index (χ0v) is 11.6. The average Bonchev–Trinajstić information content (AvgIpc) is 2.39. The monoisotopic (exact) mass is 250 g/mol. The molecular formula is C14H24N3O+. The fourth-order valence-corrected chi connectivity index (χ4v) is 1.78. The Bertz CT molecular complexity index is 400. The minimum absolute atomic E-state index is 0.0909. The summed E-state index contributed by atoms with van der Waals surface area (Å²) in [5, 5.41) is 2.93. The van der Waals surface area contributed by atoms with E-state index < -0.39 is 0 Å². The van der Waals surface area contributed by atoms with Crippen LogP contribution in [-0.2, 0) is 0 Å². The van der Waals surface area contributed by atoms with Crippen molar-refractivity contribution < 1.29 is 9.28 Å². The van der Waals surface area contributed by atoms with Crippen LogP contribution < -0.4 is 11.1 Å². The van der Waals surface area contributed by atoms with E-state index in [0.717, 1.165) is 24.1 Å². The van der Waals surface area contributed by atoms with Gasteiger partial charge in [0.1, 0.15) is 0 Å². The molecule has 0 saturated heterocycles. The van der Waals surface area contributed by atoms with Gasteiger partial charge in [-0.3, -0.25) is 4.79 Å². The molecule has 0 aliphatic heterocycles. The Morgan fingerprint density at radius 1 is 1.28 bits per heavy atom. The molecule has 4 heteroatoms. The second kappa shape index (κ2) is 6.40. The predicted octanol–water partition coefficient (Wildman–Crippen LogP) is 1.48. The van der Waals surface area contributed by atoms with Gasteiger partial charge in [-0.05, 0) is 26.0 Å². The number of para-hydroxylation sites is 1. The summed E-state index contributed by atoms with van der Waals surface area (Å²) in [7, 11) is 2.20. The van der Waals surface area contributed by atoms with Crippen molar-refractivity contribution in [2.24, 2.45) is 0 Å². The summed E-state index contributed by atoms with van der Waals surface area (Å²) in [6.07, 6.45) is 0. The fourth-order valence-electron chi connectivity index (χ4n) is 1.78. The molecule has 18 heavy (non-hydrogen) atoms. The third-order valence-electron chi connectivity index (χ3n) is 3.67. The van der Waals surface area contributed by atoms with Gasteiger partial charge in [-0.2, -0.15) is 0 Å². The maximum Gasteiger partial charge on any atom is 0.253 e. The molecule has 0 saturated carbocycles. The molecule has 0 unspecified atom stereocenters. The van der Waals surface area contributed by atoms with Crippen LogP contribution in [-0.4, -0.2) is 43.6 Å². The first-order valence-corrected chi connectivity index (χ1v) is 6.48. The number of quaternary nitrogens is 1. The Labute approximate surface area is 109 Å². The molecule has 0 bridgehead atoms. The van der Waals surface area contributed by atoms with Gasteiger partial charge in [0.05, 0.1) is 38.8 Å². The smallest absolute Gasteiger partial charge is 0.253 e. The molecular weight excluding hydrogens is 226 g/mol. The van der Waals surface area contributed by atoms with Crippen LogP contribution in [0.3, 0.4) is 0 Å². The van der Waals surface area contributed by atoms with Gasteiger partial charge in [0.2, 0.25) is 0 Å². The van der Waals surface area contributed by atoms with Gasteiger partial charge in [-0.25, -0.2) is 0 Å². The highest BCUT2D eigenvalue weighted by atomic mass is 16.1. The van der Waals surface area contributed by atoms with Crippen molar-refractivity contribution in [2.75, 3.05) is 39.0 Å². The molecule has 0 radical (unpaired) electrons. The number of amides is 1. The first-order chi connectivity index (χ1) is 8.52. The Morgan fingerprint density at radius 2 is 1.89 bits per heavy atom. The standard InChI is InChI=1S/C14H23N3O/c1-4-17(3,5-2)11-10-16-14(18)12-8-6-7-9-13(12)15/h6-9H,4-5,10-11H2,1-3H3,(H2-,15,16,18)/p+1. The van der Waals surface area contributed by atoms with Crippen LogP contribution in [0.25, 0.3) is 0 Å². The Kier molecular flexibility index (Phi) is 5.16. The van der Waals surface area contributed by atoms with Crippen LogP contribution >= 0.6 is 0 Å². The van der Waals surface area contributed by atoms with Crippen molar-refractivity contribution in [3.8, 4) is 0 Å². The van der Waals surface area contributed by atoms with Gasteiger partial charge in [-0.15, -0.1) is 0 Å². The number of hydrogen-bond acceptors (Lipinski definition) is 2. The highest BCUT2D eigenvalue weighted by molar-refractivity contribution is 5.98. The van der Waals surface area contributed by atoms with Crippen LogP contribution in [0.5, 0.6) is 0 Å². The minimum atomic E-state index is -0.0909. The Hall–Kier alpha value is -1.55. The Balaban J connectivity index is 2.50. The van der Waals surface area contributed by atoms with Gasteiger partial charge in [0.15, 0.2) is 0 Å². The first kappa shape index (κ1) is 14.5. The van der Waals surface area contributed by atoms with Gasteiger partial charge >= 0.3 is 0 Å². The van der Waals surface area contributed by atoms with Gasteiger partial charge in [-0.1, -0.05) is 12.1 Å². The lowest BCUT2D eigenvalue weighted by molar-refractivity contribution is -0.904. The summed E-state index contributed by atoms with van der Waals surface area (Å²) in [4.78, 5) is 11.9. The van der Waals surface area contributed by atoms with Gasteiger partial charge < -0.3 is 15.5 Å². The normalized spacial score (nSPS) is 11.3. The largest absolute Gasteiger partial charge is 0.398 e. The molecule has 0 spiro atoms. The van der Waals surface area contributed by atoms with Crippen LogP contribution in [0.2, 0.25) is 0 Å². The number of benzene rings is 1. The molecule has 1 aromatic rings. The summed E-state index contributed by atoms with van der Waals surface area (Å²) >= 11 is 0. The van der Waals surface area contributed by atoms with E-state index >= 15 is 0 Å². The summed E-state index contributed by atoms with van der Waals surface area (Å²) in [6, 6.07) is 7.14. The second-order valence-corrected chi connectivity index (χ2v) is 4.82. The zero-order valence-electron chi connectivity index (χ0n) is 11.6. The van der Waals surface area contributed by atoms with E-state index in [2.05, 4.69) is 26.2 Å². The molecule has 0 aliphatic rings. The van der Waals surface area contributed by atoms with E-state index in [-0.39, 0.29) is 5.91 Å². The van der Waals surface area contributed by atoms with Crippen molar-refractivity contribution in [3.05, 3.63) is 29.8 Å². The van der Waals surface area contributed by atoms with Gasteiger partial charge in [0.25, 0.3) is 5.91 Å². The van der Waals surface area contributed by atoms with Crippen LogP contribution in [0, 0.1) is 0 Å². The van der Waals surface area contributed by atoms with Crippen molar-refractivity contribution in [1.29, 1.82) is 0 Å². The maximum absolute atomic E-state index is 11.9. The first-order valence-electron chi connectivity index (χ1n) is 6.48. The topological polar surface area (TPSA) is 55.1 Å². The number of anilines is 1. The molecule has 1 aromatic carbocycles. The molecule has 0 atom stereocenters. The molecule has 1 amide bonds. The van der Waals surface area contributed by atoms with Crippen molar-refractivity contribution in [2.45, 2.75) is 13.8 Å². The molecule has 1 rings (SSSR count). The number of nitrogen functional groups attached to an aromatic ring is 1. The van der Waals surface area contributed by atoms with Crippen molar-refractivity contribution >= 4 is 11.6 Å². The van der Waals surface area contributed by atoms with Crippen LogP contribution in [0.1, 0.15) is 24.2 Å². The summed E-state index contributed by atoms with van der Waals surface area (Å²) in [5.41, 5.74) is 6.85. The number of nitrogens with zero attached hydrogens (tertiary/aromatic N) is 1. The molecule has 0 heterocycles. The third-order valence-corrected chi connectivity index (χ3v) is 3.67. The van der Waals surface area contributed by atoms with Gasteiger partial charge in [0, 0.05) is 5.69 Å². The van der Waals surface area contributed by atoms with E-state index in [1.807, 2.05) is 12.1 Å². The van der Waals surface area contributed by atoms with Crippen molar-refractivity contribution in [1.82, 2.24) is 5.32 Å². The molecule has 100 valence electrons. The number of hydrogen-bond donors (Lipinski definition) is 2. The zero-order chi connectivity index (χ0) is 13.6. The van der Waals surface area contributed by atoms with E-state index in [4.69, 9.17) is 5.73 Å². The summed E-state index contributed by atoms with van der Waals surface area (Å²) < 4.78 is 0.963. The molecule has 4 nitrogen and oxygen atoms in total. The molecule has 0 fully saturated rings. The number of carbonyl (C=O) groups is 1. The highest BCUT2D eigenvalue weighted by Crippen LogP contribution is 2.09. The number of nitrogens with two attached hydrogens (primary N) is 1. The Morgan fingerprint density at radius 3 is 2.44 bits per heavy atom. The van der Waals surface area contributed by atoms with Crippen LogP contribution in [0.15, 0.2) is 24.3 Å². The number of likely N-dealkylation sites (N-methyl/N-ethyl adjacent to an activating group) is 1. The number of nitrogens with one attached hydrogen (secondary N) is 1. The maximum atomic E-state index is 11.9.